The molecule has 0 fully saturated rings. The zero-order chi connectivity index (χ0) is 23.9. The number of anilines is 1. The van der Waals surface area contributed by atoms with Gasteiger partial charge in [0, 0.05) is 17.7 Å². The molecular weight excluding hydrogens is 428 g/mol. The lowest BCUT2D eigenvalue weighted by molar-refractivity contribution is -0.641. The van der Waals surface area contributed by atoms with Gasteiger partial charge in [0.1, 0.15) is 0 Å². The van der Waals surface area contributed by atoms with Gasteiger partial charge in [0.2, 0.25) is 0 Å². The lowest BCUT2D eigenvalue weighted by Crippen LogP contribution is -2.47. The quantitative estimate of drug-likeness (QED) is 0.268. The fourth-order valence-corrected chi connectivity index (χ4v) is 3.38. The molecule has 3 aromatic carbocycles. The van der Waals surface area contributed by atoms with Crippen molar-refractivity contribution in [3.8, 4) is 0 Å². The Labute approximate surface area is 197 Å². The van der Waals surface area contributed by atoms with Crippen LogP contribution in [0.4, 0.5) is 11.4 Å². The molecule has 0 saturated heterocycles. The summed E-state index contributed by atoms with van der Waals surface area (Å²) in [5.74, 6) is -1.40. The summed E-state index contributed by atoms with van der Waals surface area (Å²) in [5, 5.41) is 15.6. The molecule has 34 heavy (non-hydrogen) atoms. The maximum Gasteiger partial charge on any atom is 0.309 e. The van der Waals surface area contributed by atoms with Crippen molar-refractivity contribution in [3.63, 3.8) is 0 Å². The molecule has 0 radical (unpaired) electrons. The molecule has 0 spiro atoms. The van der Waals surface area contributed by atoms with Crippen molar-refractivity contribution in [3.05, 3.63) is 126 Å². The Morgan fingerprint density at radius 3 is 2.03 bits per heavy atom. The van der Waals surface area contributed by atoms with Gasteiger partial charge in [-0.25, -0.2) is 0 Å². The number of aryl methyl sites for hydroxylation is 1. The largest absolute Gasteiger partial charge is 0.858 e. The highest BCUT2D eigenvalue weighted by molar-refractivity contribution is 6.13. The van der Waals surface area contributed by atoms with Crippen LogP contribution in [0.3, 0.4) is 0 Å². The van der Waals surface area contributed by atoms with Gasteiger partial charge in [0.15, 0.2) is 12.4 Å². The number of carbonyl (C=O) groups excluding carboxylic acids is 2. The van der Waals surface area contributed by atoms with E-state index < -0.39 is 11.8 Å². The lowest BCUT2D eigenvalue weighted by atomic mass is 10.1. The summed E-state index contributed by atoms with van der Waals surface area (Å²) in [4.78, 5) is 30.4. The number of carbonyl (C=O) groups is 2. The van der Waals surface area contributed by atoms with E-state index in [0.717, 1.165) is 5.56 Å². The van der Waals surface area contributed by atoms with Gasteiger partial charge in [0.25, 0.3) is 5.91 Å². The third-order valence-electron chi connectivity index (χ3n) is 4.96. The summed E-state index contributed by atoms with van der Waals surface area (Å²) in [6, 6.07) is 25.9. The third kappa shape index (κ3) is 5.34. The van der Waals surface area contributed by atoms with Gasteiger partial charge in [-0.15, -0.1) is 5.43 Å². The molecule has 4 rings (SSSR count). The van der Waals surface area contributed by atoms with Crippen LogP contribution in [0.5, 0.6) is 0 Å². The molecule has 0 aliphatic carbocycles. The predicted molar refractivity (Wildman–Crippen MR) is 129 cm³/mol. The summed E-state index contributed by atoms with van der Waals surface area (Å²) in [5.41, 5.74) is 4.79. The van der Waals surface area contributed by atoms with E-state index in [1.54, 1.807) is 98.2 Å². The van der Waals surface area contributed by atoms with E-state index in [-0.39, 0.29) is 22.8 Å². The molecule has 168 valence electrons. The Balaban J connectivity index is 1.79. The monoisotopic (exact) mass is 450 g/mol. The number of hydrogen-bond acceptors (Lipinski definition) is 4. The zero-order valence-electron chi connectivity index (χ0n) is 18.4. The summed E-state index contributed by atoms with van der Waals surface area (Å²) < 4.78 is 1.48. The van der Waals surface area contributed by atoms with Gasteiger partial charge in [0.05, 0.1) is 16.9 Å². The summed E-state index contributed by atoms with van der Waals surface area (Å²) in [6.07, 6.45) is 3.33. The number of nitrogens with one attached hydrogen (secondary N) is 2. The van der Waals surface area contributed by atoms with Gasteiger partial charge >= 0.3 is 5.91 Å². The van der Waals surface area contributed by atoms with Crippen LogP contribution >= 0.6 is 0 Å². The molecule has 4 aromatic rings. The van der Waals surface area contributed by atoms with Crippen LogP contribution in [0.25, 0.3) is 0 Å². The Morgan fingerprint density at radius 2 is 1.38 bits per heavy atom. The standard InChI is InChI=1S/C27H22N4O3/c1-19-17-22(28-25(32)20-11-5-2-6-12-20)24(27(34)30-31-15-9-4-10-16-31)23(18-19)29-26(33)21-13-7-3-8-14-21/h2-18H,1H3,(H2-,28,29,30,32,33,34). The molecule has 1 heterocycles. The average Bonchev–Trinajstić information content (AvgIpc) is 2.85. The van der Waals surface area contributed by atoms with E-state index in [1.165, 1.54) is 4.68 Å². The molecule has 0 aliphatic heterocycles. The van der Waals surface area contributed by atoms with E-state index in [1.807, 2.05) is 12.1 Å². The summed E-state index contributed by atoms with van der Waals surface area (Å²) in [6.45, 7) is 1.80. The maximum absolute atomic E-state index is 13.3. The molecule has 2 amide bonds. The predicted octanol–water partition coefficient (Wildman–Crippen LogP) is 3.36. The normalized spacial score (nSPS) is 11.0. The number of benzene rings is 3. The average molecular weight is 450 g/mol. The fraction of sp³-hybridized carbons (Fsp3) is 0.0370. The van der Waals surface area contributed by atoms with Crippen LogP contribution < -0.4 is 20.5 Å². The lowest BCUT2D eigenvalue weighted by Gasteiger charge is -2.16. The number of pyridine rings is 1. The van der Waals surface area contributed by atoms with Crippen molar-refractivity contribution in [1.82, 2.24) is 0 Å². The van der Waals surface area contributed by atoms with Crippen molar-refractivity contribution >= 4 is 29.1 Å². The number of rotatable bonds is 6. The molecule has 0 atom stereocenters. The Hall–Kier alpha value is -4.78. The fourth-order valence-electron chi connectivity index (χ4n) is 3.38. The zero-order valence-corrected chi connectivity index (χ0v) is 18.4. The molecule has 1 aromatic heterocycles. The van der Waals surface area contributed by atoms with Crippen molar-refractivity contribution in [2.24, 2.45) is 4.99 Å². The molecule has 0 unspecified atom stereocenters. The number of hydrogen-bond donors (Lipinski definition) is 2. The van der Waals surface area contributed by atoms with E-state index >= 15 is 0 Å². The molecule has 2 N–H and O–H groups in total. The van der Waals surface area contributed by atoms with Crippen LogP contribution in [-0.2, 0) is 0 Å². The minimum Gasteiger partial charge on any atom is -0.858 e. The van der Waals surface area contributed by atoms with Gasteiger partial charge in [-0.1, -0.05) is 59.3 Å². The van der Waals surface area contributed by atoms with E-state index in [4.69, 9.17) is 0 Å². The molecule has 7 nitrogen and oxygen atoms in total. The molecule has 7 heteroatoms. The van der Waals surface area contributed by atoms with Gasteiger partial charge in [-0.3, -0.25) is 14.6 Å². The van der Waals surface area contributed by atoms with Crippen LogP contribution in [0.2, 0.25) is 0 Å². The molecule has 0 aliphatic rings. The first-order chi connectivity index (χ1) is 16.5. The van der Waals surface area contributed by atoms with E-state index in [2.05, 4.69) is 15.7 Å². The topological polar surface area (TPSA) is 97.5 Å². The second-order valence-corrected chi connectivity index (χ2v) is 7.53. The van der Waals surface area contributed by atoms with Gasteiger partial charge in [-0.05, 0) is 48.2 Å². The highest BCUT2D eigenvalue weighted by atomic mass is 16.3. The summed E-state index contributed by atoms with van der Waals surface area (Å²) >= 11 is 0. The Kier molecular flexibility index (Phi) is 6.74. The SMILES string of the molecule is Cc1cc(N=C([O-])c2ccccc2)c(C(=O)N[n+]2ccccc2)c(NC(=O)c2ccccc2)c1. The number of amides is 2. The molecular formula is C27H22N4O3. The van der Waals surface area contributed by atoms with Crippen molar-refractivity contribution < 1.29 is 19.4 Å². The second kappa shape index (κ2) is 10.2. The third-order valence-corrected chi connectivity index (χ3v) is 4.96. The second-order valence-electron chi connectivity index (χ2n) is 7.53. The summed E-state index contributed by atoms with van der Waals surface area (Å²) in [7, 11) is 0. The first kappa shape index (κ1) is 22.4. The van der Waals surface area contributed by atoms with Crippen molar-refractivity contribution in [2.45, 2.75) is 6.92 Å². The van der Waals surface area contributed by atoms with Gasteiger partial charge in [-0.2, -0.15) is 0 Å². The van der Waals surface area contributed by atoms with E-state index in [0.29, 0.717) is 11.1 Å². The molecule has 0 bridgehead atoms. The minimum absolute atomic E-state index is 0.0792. The van der Waals surface area contributed by atoms with Gasteiger partial charge < -0.3 is 10.4 Å². The molecule has 0 saturated carbocycles. The smallest absolute Gasteiger partial charge is 0.309 e. The Bertz CT molecular complexity index is 1340. The van der Waals surface area contributed by atoms with Crippen LogP contribution in [0.1, 0.15) is 31.8 Å². The first-order valence-electron chi connectivity index (χ1n) is 10.6. The number of aliphatic imine (C=N–C) groups is 1. The maximum atomic E-state index is 13.3. The Morgan fingerprint density at radius 1 is 0.794 bits per heavy atom. The number of aromatic nitrogens is 1. The van der Waals surface area contributed by atoms with Crippen LogP contribution in [0, 0.1) is 6.92 Å². The van der Waals surface area contributed by atoms with Crippen molar-refractivity contribution in [2.75, 3.05) is 10.7 Å². The van der Waals surface area contributed by atoms with Crippen LogP contribution in [0.15, 0.2) is 108 Å². The van der Waals surface area contributed by atoms with E-state index in [9.17, 15) is 14.7 Å². The first-order valence-corrected chi connectivity index (χ1v) is 10.6. The highest BCUT2D eigenvalue weighted by Gasteiger charge is 2.22. The highest BCUT2D eigenvalue weighted by Crippen LogP contribution is 2.30. The number of nitrogens with zero attached hydrogens (tertiary/aromatic N) is 2. The minimum atomic E-state index is -0.529. The van der Waals surface area contributed by atoms with Crippen molar-refractivity contribution in [1.29, 1.82) is 0 Å². The van der Waals surface area contributed by atoms with Crippen LogP contribution in [-0.4, -0.2) is 17.7 Å².